The van der Waals surface area contributed by atoms with Gasteiger partial charge in [-0.05, 0) is 19.9 Å². The number of rotatable bonds is 2. The van der Waals surface area contributed by atoms with Crippen LogP contribution in [-0.4, -0.2) is 67.3 Å². The molecule has 88 valence electrons. The minimum atomic E-state index is 0.548. The van der Waals surface area contributed by atoms with Crippen molar-refractivity contribution in [2.45, 2.75) is 18.9 Å². The van der Waals surface area contributed by atoms with E-state index < -0.39 is 0 Å². The number of nitrogens with two attached hydrogens (primary N) is 1. The first kappa shape index (κ1) is 11.3. The van der Waals surface area contributed by atoms with E-state index in [1.807, 2.05) is 5.01 Å². The van der Waals surface area contributed by atoms with Crippen molar-refractivity contribution in [3.8, 4) is 0 Å². The normalized spacial score (nSPS) is 32.0. The molecule has 1 atom stereocenters. The molecular weight excluding hydrogens is 190 g/mol. The Balaban J connectivity index is 1.71. The van der Waals surface area contributed by atoms with E-state index in [-0.39, 0.29) is 0 Å². The van der Waals surface area contributed by atoms with Gasteiger partial charge in [-0.2, -0.15) is 0 Å². The van der Waals surface area contributed by atoms with Gasteiger partial charge < -0.3 is 4.90 Å². The van der Waals surface area contributed by atoms with Crippen molar-refractivity contribution in [3.05, 3.63) is 0 Å². The first-order chi connectivity index (χ1) is 7.24. The molecule has 15 heavy (non-hydrogen) atoms. The Morgan fingerprint density at radius 2 is 1.87 bits per heavy atom. The molecule has 0 aromatic heterocycles. The van der Waals surface area contributed by atoms with Crippen molar-refractivity contribution < 1.29 is 0 Å². The van der Waals surface area contributed by atoms with Crippen molar-refractivity contribution in [2.24, 2.45) is 5.84 Å². The largest absolute Gasteiger partial charge is 0.304 e. The molecule has 2 saturated heterocycles. The predicted octanol–water partition coefficient (Wildman–Crippen LogP) is -0.923. The number of nitrogens with zero attached hydrogens (tertiary/aromatic N) is 3. The highest BCUT2D eigenvalue weighted by Gasteiger charge is 2.21. The van der Waals surface area contributed by atoms with Crippen LogP contribution >= 0.6 is 0 Å². The summed E-state index contributed by atoms with van der Waals surface area (Å²) >= 11 is 0. The lowest BCUT2D eigenvalue weighted by molar-refractivity contribution is 0.0624. The maximum absolute atomic E-state index is 5.82. The molecule has 2 rings (SSSR count). The Morgan fingerprint density at radius 3 is 2.53 bits per heavy atom. The first-order valence-electron chi connectivity index (χ1n) is 5.93. The zero-order valence-corrected chi connectivity index (χ0v) is 9.65. The van der Waals surface area contributed by atoms with E-state index in [1.54, 1.807) is 0 Å². The van der Waals surface area contributed by atoms with Gasteiger partial charge in [0.2, 0.25) is 0 Å². The zero-order valence-electron chi connectivity index (χ0n) is 9.65. The fraction of sp³-hybridized carbons (Fsp3) is 1.00. The topological polar surface area (TPSA) is 47.8 Å². The average molecular weight is 213 g/mol. The Hall–Kier alpha value is -0.200. The molecule has 2 heterocycles. The third kappa shape index (κ3) is 3.39. The Kier molecular flexibility index (Phi) is 3.93. The van der Waals surface area contributed by atoms with Crippen LogP contribution in [0.5, 0.6) is 0 Å². The Morgan fingerprint density at radius 1 is 1.13 bits per heavy atom. The third-order valence-electron chi connectivity index (χ3n) is 3.32. The zero-order chi connectivity index (χ0) is 10.7. The molecule has 0 spiro atoms. The fourth-order valence-electron chi connectivity index (χ4n) is 2.31. The minimum Gasteiger partial charge on any atom is -0.304 e. The van der Waals surface area contributed by atoms with E-state index >= 15 is 0 Å². The van der Waals surface area contributed by atoms with Gasteiger partial charge in [-0.15, -0.1) is 0 Å². The number of hydrogen-bond donors (Lipinski definition) is 2. The first-order valence-corrected chi connectivity index (χ1v) is 5.93. The molecule has 2 aliphatic heterocycles. The van der Waals surface area contributed by atoms with Crippen molar-refractivity contribution >= 4 is 0 Å². The Labute approximate surface area is 92.1 Å². The lowest BCUT2D eigenvalue weighted by Crippen LogP contribution is -2.58. The molecule has 2 aliphatic rings. The molecular formula is C10H23N5. The van der Waals surface area contributed by atoms with E-state index in [4.69, 9.17) is 5.84 Å². The molecule has 1 unspecified atom stereocenters. The average Bonchev–Trinajstić information content (AvgIpc) is 2.22. The lowest BCUT2D eigenvalue weighted by Gasteiger charge is -2.38. The van der Waals surface area contributed by atoms with Crippen molar-refractivity contribution in [1.29, 1.82) is 0 Å². The van der Waals surface area contributed by atoms with E-state index in [0.717, 1.165) is 39.3 Å². The summed E-state index contributed by atoms with van der Waals surface area (Å²) in [5.74, 6) is 5.82. The van der Waals surface area contributed by atoms with Crippen LogP contribution in [0, 0.1) is 0 Å². The Bertz CT molecular complexity index is 190. The van der Waals surface area contributed by atoms with Crippen molar-refractivity contribution in [1.82, 2.24) is 20.3 Å². The number of hydrogen-bond acceptors (Lipinski definition) is 5. The van der Waals surface area contributed by atoms with Gasteiger partial charge in [-0.1, -0.05) is 0 Å². The molecule has 0 bridgehead atoms. The number of piperazine rings is 1. The SMILES string of the molecule is CN1CCN(NC2CCCN(N)C2)CC1. The summed E-state index contributed by atoms with van der Waals surface area (Å²) in [6, 6.07) is 0.548. The number of nitrogens with one attached hydrogen (secondary N) is 1. The highest BCUT2D eigenvalue weighted by molar-refractivity contribution is 4.76. The van der Waals surface area contributed by atoms with E-state index in [2.05, 4.69) is 22.4 Å². The summed E-state index contributed by atoms with van der Waals surface area (Å²) in [6.45, 7) is 6.58. The van der Waals surface area contributed by atoms with Crippen LogP contribution in [0.3, 0.4) is 0 Å². The molecule has 0 saturated carbocycles. The maximum Gasteiger partial charge on any atom is 0.0357 e. The fourth-order valence-corrected chi connectivity index (χ4v) is 2.31. The third-order valence-corrected chi connectivity index (χ3v) is 3.32. The van der Waals surface area contributed by atoms with Gasteiger partial charge in [-0.3, -0.25) is 11.3 Å². The van der Waals surface area contributed by atoms with Gasteiger partial charge in [-0.25, -0.2) is 10.0 Å². The van der Waals surface area contributed by atoms with E-state index in [1.165, 1.54) is 12.8 Å². The van der Waals surface area contributed by atoms with Crippen molar-refractivity contribution in [2.75, 3.05) is 46.3 Å². The smallest absolute Gasteiger partial charge is 0.0357 e. The lowest BCUT2D eigenvalue weighted by atomic mass is 10.1. The summed E-state index contributed by atoms with van der Waals surface area (Å²) in [5.41, 5.74) is 3.59. The predicted molar refractivity (Wildman–Crippen MR) is 61.0 cm³/mol. The summed E-state index contributed by atoms with van der Waals surface area (Å²) in [7, 11) is 2.18. The van der Waals surface area contributed by atoms with Gasteiger partial charge in [0, 0.05) is 45.3 Å². The van der Waals surface area contributed by atoms with E-state index in [9.17, 15) is 0 Å². The molecule has 5 nitrogen and oxygen atoms in total. The summed E-state index contributed by atoms with van der Waals surface area (Å²) in [4.78, 5) is 2.37. The van der Waals surface area contributed by atoms with Gasteiger partial charge in [0.15, 0.2) is 0 Å². The van der Waals surface area contributed by atoms with Crippen LogP contribution in [0.15, 0.2) is 0 Å². The van der Waals surface area contributed by atoms with Crippen LogP contribution in [0.1, 0.15) is 12.8 Å². The van der Waals surface area contributed by atoms with Gasteiger partial charge >= 0.3 is 0 Å². The molecule has 0 aromatic carbocycles. The molecule has 5 heteroatoms. The van der Waals surface area contributed by atoms with Crippen LogP contribution in [0.2, 0.25) is 0 Å². The van der Waals surface area contributed by atoms with Gasteiger partial charge in [0.1, 0.15) is 0 Å². The summed E-state index contributed by atoms with van der Waals surface area (Å²) in [6.07, 6.45) is 2.46. The van der Waals surface area contributed by atoms with Crippen LogP contribution in [-0.2, 0) is 0 Å². The summed E-state index contributed by atoms with van der Waals surface area (Å²) < 4.78 is 0. The standard InChI is InChI=1S/C10H23N5/c1-13-5-7-15(8-6-13)12-10-3-2-4-14(11)9-10/h10,12H,2-9,11H2,1H3. The minimum absolute atomic E-state index is 0.548. The molecule has 3 N–H and O–H groups in total. The second kappa shape index (κ2) is 5.23. The quantitative estimate of drug-likeness (QED) is 0.581. The molecule has 0 aliphatic carbocycles. The van der Waals surface area contributed by atoms with Crippen LogP contribution < -0.4 is 11.3 Å². The highest BCUT2D eigenvalue weighted by Crippen LogP contribution is 2.08. The number of piperidine rings is 1. The van der Waals surface area contributed by atoms with Crippen LogP contribution in [0.4, 0.5) is 0 Å². The van der Waals surface area contributed by atoms with Crippen molar-refractivity contribution in [3.63, 3.8) is 0 Å². The molecule has 0 aromatic rings. The number of hydrazine groups is 2. The molecule has 0 radical (unpaired) electrons. The highest BCUT2D eigenvalue weighted by atomic mass is 15.5. The summed E-state index contributed by atoms with van der Waals surface area (Å²) in [5, 5.41) is 4.28. The maximum atomic E-state index is 5.82. The second-order valence-corrected chi connectivity index (χ2v) is 4.75. The molecule has 2 fully saturated rings. The number of likely N-dealkylation sites (N-methyl/N-ethyl adjacent to an activating group) is 1. The van der Waals surface area contributed by atoms with E-state index in [0.29, 0.717) is 6.04 Å². The monoisotopic (exact) mass is 213 g/mol. The van der Waals surface area contributed by atoms with Gasteiger partial charge in [0.05, 0.1) is 0 Å². The second-order valence-electron chi connectivity index (χ2n) is 4.75. The van der Waals surface area contributed by atoms with Gasteiger partial charge in [0.25, 0.3) is 0 Å². The van der Waals surface area contributed by atoms with Crippen LogP contribution in [0.25, 0.3) is 0 Å². The molecule has 0 amide bonds.